The fourth-order valence-electron chi connectivity index (χ4n) is 1.74. The summed E-state index contributed by atoms with van der Waals surface area (Å²) in [5.41, 5.74) is 8.23. The summed E-state index contributed by atoms with van der Waals surface area (Å²) in [6.45, 7) is 3.79. The zero-order valence-electron chi connectivity index (χ0n) is 8.87. The lowest BCUT2D eigenvalue weighted by Crippen LogP contribution is -2.19. The van der Waals surface area contributed by atoms with E-state index in [1.165, 1.54) is 0 Å². The number of aryl methyl sites for hydroxylation is 1. The summed E-state index contributed by atoms with van der Waals surface area (Å²) in [4.78, 5) is 14.6. The molecule has 0 aliphatic rings. The van der Waals surface area contributed by atoms with Gasteiger partial charge in [0.2, 0.25) is 0 Å². The maximum absolute atomic E-state index is 11.7. The summed E-state index contributed by atoms with van der Waals surface area (Å²) >= 11 is 0. The standard InChI is InChI=1S/C12H14N2O/c1-7-4-3-5-9-6-10(8(2)13)12(15)14-11(7)9/h3-6,8H,13H2,1-2H3,(H,14,15). The molecule has 3 heteroatoms. The lowest BCUT2D eigenvalue weighted by atomic mass is 10.1. The number of para-hydroxylation sites is 1. The van der Waals surface area contributed by atoms with Crippen molar-refractivity contribution in [1.82, 2.24) is 4.98 Å². The van der Waals surface area contributed by atoms with Crippen molar-refractivity contribution in [3.05, 3.63) is 45.7 Å². The van der Waals surface area contributed by atoms with E-state index in [0.29, 0.717) is 5.56 Å². The van der Waals surface area contributed by atoms with Gasteiger partial charge in [0, 0.05) is 11.6 Å². The number of benzene rings is 1. The first-order valence-electron chi connectivity index (χ1n) is 4.97. The molecule has 0 spiro atoms. The second kappa shape index (κ2) is 3.51. The quantitative estimate of drug-likeness (QED) is 0.741. The molecule has 0 saturated heterocycles. The third-order valence-electron chi connectivity index (χ3n) is 2.61. The maximum Gasteiger partial charge on any atom is 0.253 e. The second-order valence-electron chi connectivity index (χ2n) is 3.88. The molecule has 3 nitrogen and oxygen atoms in total. The van der Waals surface area contributed by atoms with E-state index in [2.05, 4.69) is 4.98 Å². The van der Waals surface area contributed by atoms with E-state index in [-0.39, 0.29) is 11.6 Å². The topological polar surface area (TPSA) is 58.9 Å². The van der Waals surface area contributed by atoms with Gasteiger partial charge in [0.25, 0.3) is 5.56 Å². The summed E-state index contributed by atoms with van der Waals surface area (Å²) in [6.07, 6.45) is 0. The van der Waals surface area contributed by atoms with Crippen molar-refractivity contribution < 1.29 is 0 Å². The fraction of sp³-hybridized carbons (Fsp3) is 0.250. The van der Waals surface area contributed by atoms with Crippen molar-refractivity contribution in [2.24, 2.45) is 5.73 Å². The van der Waals surface area contributed by atoms with E-state index in [1.54, 1.807) is 0 Å². The van der Waals surface area contributed by atoms with Crippen LogP contribution in [-0.2, 0) is 0 Å². The van der Waals surface area contributed by atoms with E-state index in [4.69, 9.17) is 5.73 Å². The fourth-order valence-corrected chi connectivity index (χ4v) is 1.74. The highest BCUT2D eigenvalue weighted by molar-refractivity contribution is 5.81. The minimum Gasteiger partial charge on any atom is -0.324 e. The molecule has 0 amide bonds. The molecule has 1 unspecified atom stereocenters. The molecule has 78 valence electrons. The van der Waals surface area contributed by atoms with Crippen LogP contribution >= 0.6 is 0 Å². The number of hydrogen-bond donors (Lipinski definition) is 2. The number of hydrogen-bond acceptors (Lipinski definition) is 2. The van der Waals surface area contributed by atoms with Crippen molar-refractivity contribution in [2.45, 2.75) is 19.9 Å². The van der Waals surface area contributed by atoms with Crippen LogP contribution in [0.3, 0.4) is 0 Å². The zero-order valence-corrected chi connectivity index (χ0v) is 8.87. The van der Waals surface area contributed by atoms with Gasteiger partial charge in [-0.1, -0.05) is 18.2 Å². The predicted molar refractivity (Wildman–Crippen MR) is 61.9 cm³/mol. The number of aromatic amines is 1. The zero-order chi connectivity index (χ0) is 11.0. The van der Waals surface area contributed by atoms with Crippen LogP contribution in [0.25, 0.3) is 10.9 Å². The van der Waals surface area contributed by atoms with E-state index in [0.717, 1.165) is 16.5 Å². The molecule has 15 heavy (non-hydrogen) atoms. The summed E-state index contributed by atoms with van der Waals surface area (Å²) in [7, 11) is 0. The minimum atomic E-state index is -0.237. The number of pyridine rings is 1. The van der Waals surface area contributed by atoms with Crippen molar-refractivity contribution in [3.8, 4) is 0 Å². The molecule has 3 N–H and O–H groups in total. The molecule has 1 atom stereocenters. The Morgan fingerprint density at radius 1 is 1.40 bits per heavy atom. The van der Waals surface area contributed by atoms with Crippen molar-refractivity contribution in [3.63, 3.8) is 0 Å². The average Bonchev–Trinajstić information content (AvgIpc) is 2.18. The van der Waals surface area contributed by atoms with Gasteiger partial charge >= 0.3 is 0 Å². The van der Waals surface area contributed by atoms with Crippen LogP contribution in [0, 0.1) is 6.92 Å². The van der Waals surface area contributed by atoms with Crippen LogP contribution in [0.2, 0.25) is 0 Å². The van der Waals surface area contributed by atoms with Gasteiger partial charge in [-0.3, -0.25) is 4.79 Å². The predicted octanol–water partition coefficient (Wildman–Crippen LogP) is 1.86. The second-order valence-corrected chi connectivity index (χ2v) is 3.88. The Balaban J connectivity index is 2.82. The number of fused-ring (bicyclic) bond motifs is 1. The van der Waals surface area contributed by atoms with E-state index in [9.17, 15) is 4.79 Å². The summed E-state index contributed by atoms with van der Waals surface area (Å²) < 4.78 is 0. The molecular weight excluding hydrogens is 188 g/mol. The maximum atomic E-state index is 11.7. The Hall–Kier alpha value is -1.61. The highest BCUT2D eigenvalue weighted by Crippen LogP contribution is 2.16. The Kier molecular flexibility index (Phi) is 2.32. The van der Waals surface area contributed by atoms with Crippen LogP contribution in [0.5, 0.6) is 0 Å². The third kappa shape index (κ3) is 1.66. The number of H-pyrrole nitrogens is 1. The molecule has 0 aliphatic heterocycles. The van der Waals surface area contributed by atoms with Crippen LogP contribution < -0.4 is 11.3 Å². The third-order valence-corrected chi connectivity index (χ3v) is 2.61. The first-order valence-corrected chi connectivity index (χ1v) is 4.97. The normalized spacial score (nSPS) is 13.0. The van der Waals surface area contributed by atoms with E-state index in [1.807, 2.05) is 38.1 Å². The lowest BCUT2D eigenvalue weighted by Gasteiger charge is -2.07. The Morgan fingerprint density at radius 2 is 2.13 bits per heavy atom. The number of aromatic nitrogens is 1. The molecular formula is C12H14N2O. The monoisotopic (exact) mass is 202 g/mol. The van der Waals surface area contributed by atoms with Gasteiger partial charge in [0.15, 0.2) is 0 Å². The van der Waals surface area contributed by atoms with Gasteiger partial charge in [0.05, 0.1) is 5.52 Å². The molecule has 0 fully saturated rings. The largest absolute Gasteiger partial charge is 0.324 e. The minimum absolute atomic E-state index is 0.0909. The van der Waals surface area contributed by atoms with Crippen LogP contribution in [0.4, 0.5) is 0 Å². The molecule has 0 saturated carbocycles. The van der Waals surface area contributed by atoms with Gasteiger partial charge in [-0.15, -0.1) is 0 Å². The molecule has 0 radical (unpaired) electrons. The van der Waals surface area contributed by atoms with Gasteiger partial charge in [-0.25, -0.2) is 0 Å². The highest BCUT2D eigenvalue weighted by atomic mass is 16.1. The smallest absolute Gasteiger partial charge is 0.253 e. The van der Waals surface area contributed by atoms with E-state index < -0.39 is 0 Å². The van der Waals surface area contributed by atoms with Crippen LogP contribution in [0.1, 0.15) is 24.1 Å². The molecule has 1 heterocycles. The van der Waals surface area contributed by atoms with Crippen molar-refractivity contribution in [1.29, 1.82) is 0 Å². The van der Waals surface area contributed by atoms with Gasteiger partial charge < -0.3 is 10.7 Å². The summed E-state index contributed by atoms with van der Waals surface area (Å²) in [5, 5.41) is 1.03. The first-order chi connectivity index (χ1) is 7.09. The molecule has 0 bridgehead atoms. The molecule has 0 aliphatic carbocycles. The molecule has 1 aromatic carbocycles. The molecule has 2 aromatic rings. The average molecular weight is 202 g/mol. The van der Waals surface area contributed by atoms with Crippen LogP contribution in [0.15, 0.2) is 29.1 Å². The van der Waals surface area contributed by atoms with Gasteiger partial charge in [0.1, 0.15) is 0 Å². The lowest BCUT2D eigenvalue weighted by molar-refractivity contribution is 0.803. The van der Waals surface area contributed by atoms with Crippen LogP contribution in [-0.4, -0.2) is 4.98 Å². The van der Waals surface area contributed by atoms with Crippen molar-refractivity contribution >= 4 is 10.9 Å². The highest BCUT2D eigenvalue weighted by Gasteiger charge is 2.07. The molecule has 1 aromatic heterocycles. The Labute approximate surface area is 87.9 Å². The molecule has 2 rings (SSSR count). The Morgan fingerprint density at radius 3 is 2.80 bits per heavy atom. The Bertz CT molecular complexity index is 555. The first kappa shape index (κ1) is 9.93. The van der Waals surface area contributed by atoms with E-state index >= 15 is 0 Å². The van der Waals surface area contributed by atoms with Gasteiger partial charge in [-0.05, 0) is 30.9 Å². The number of rotatable bonds is 1. The SMILES string of the molecule is Cc1cccc2cc(C(C)N)c(=O)[nH]c12. The van der Waals surface area contributed by atoms with Crippen molar-refractivity contribution in [2.75, 3.05) is 0 Å². The number of nitrogens with two attached hydrogens (primary N) is 1. The summed E-state index contributed by atoms with van der Waals surface area (Å²) in [5.74, 6) is 0. The van der Waals surface area contributed by atoms with Gasteiger partial charge in [-0.2, -0.15) is 0 Å². The summed E-state index contributed by atoms with van der Waals surface area (Å²) in [6, 6.07) is 7.56. The number of nitrogens with one attached hydrogen (secondary N) is 1.